The quantitative estimate of drug-likeness (QED) is 0.208. The molecular formula is C24H32N2O7P2. The summed E-state index contributed by atoms with van der Waals surface area (Å²) in [6.07, 6.45) is -0.00255. The molecule has 0 radical (unpaired) electrons. The maximum absolute atomic E-state index is 13.4. The maximum atomic E-state index is 13.4. The van der Waals surface area contributed by atoms with E-state index in [1.54, 1.807) is 45.9 Å². The highest BCUT2D eigenvalue weighted by Gasteiger charge is 2.30. The van der Waals surface area contributed by atoms with Gasteiger partial charge in [0.2, 0.25) is 11.8 Å². The van der Waals surface area contributed by atoms with E-state index in [-0.39, 0.29) is 38.8 Å². The minimum absolute atomic E-state index is 0.0155. The fourth-order valence-electron chi connectivity index (χ4n) is 3.56. The molecule has 0 unspecified atom stereocenters. The number of rotatable bonds is 14. The van der Waals surface area contributed by atoms with Crippen molar-refractivity contribution in [3.8, 4) is 22.9 Å². The molecule has 0 saturated carbocycles. The van der Waals surface area contributed by atoms with Crippen molar-refractivity contribution < 1.29 is 31.6 Å². The number of aromatic nitrogens is 2. The molecule has 1 heterocycles. The Labute approximate surface area is 206 Å². The molecule has 3 aromatic rings. The summed E-state index contributed by atoms with van der Waals surface area (Å²) in [6.45, 7) is 7.97. The molecule has 190 valence electrons. The van der Waals surface area contributed by atoms with E-state index in [1.165, 1.54) is 0 Å². The van der Waals surface area contributed by atoms with Crippen molar-refractivity contribution in [3.05, 3.63) is 59.7 Å². The molecule has 0 bridgehead atoms. The molecule has 0 fully saturated rings. The van der Waals surface area contributed by atoms with Gasteiger partial charge < -0.3 is 22.5 Å². The highest BCUT2D eigenvalue weighted by Crippen LogP contribution is 2.55. The Morgan fingerprint density at radius 2 is 1.14 bits per heavy atom. The molecular weight excluding hydrogens is 490 g/mol. The van der Waals surface area contributed by atoms with Crippen molar-refractivity contribution in [3.63, 3.8) is 0 Å². The van der Waals surface area contributed by atoms with Crippen LogP contribution in [-0.2, 0) is 39.5 Å². The van der Waals surface area contributed by atoms with Gasteiger partial charge in [0.1, 0.15) is 0 Å². The van der Waals surface area contributed by atoms with Gasteiger partial charge in [0.15, 0.2) is 0 Å². The topological polar surface area (TPSA) is 110 Å². The molecule has 0 aliphatic carbocycles. The van der Waals surface area contributed by atoms with Crippen LogP contribution in [0.1, 0.15) is 38.8 Å². The summed E-state index contributed by atoms with van der Waals surface area (Å²) in [7, 11) is -6.87. The largest absolute Gasteiger partial charge is 0.416 e. The highest BCUT2D eigenvalue weighted by atomic mass is 31.2. The second kappa shape index (κ2) is 12.7. The molecule has 35 heavy (non-hydrogen) atoms. The Morgan fingerprint density at radius 1 is 0.657 bits per heavy atom. The summed E-state index contributed by atoms with van der Waals surface area (Å²) in [5.41, 5.74) is 2.70. The smallest absolute Gasteiger partial charge is 0.335 e. The van der Waals surface area contributed by atoms with Gasteiger partial charge in [-0.1, -0.05) is 24.3 Å². The van der Waals surface area contributed by atoms with Gasteiger partial charge in [-0.05, 0) is 63.1 Å². The van der Waals surface area contributed by atoms with Gasteiger partial charge >= 0.3 is 15.2 Å². The zero-order chi connectivity index (χ0) is 25.3. The lowest BCUT2D eigenvalue weighted by Crippen LogP contribution is -2.05. The fraction of sp³-hybridized carbons (Fsp3) is 0.417. The zero-order valence-corrected chi connectivity index (χ0v) is 22.3. The first-order chi connectivity index (χ1) is 16.8. The van der Waals surface area contributed by atoms with Gasteiger partial charge in [-0.25, -0.2) is 0 Å². The lowest BCUT2D eigenvalue weighted by Gasteiger charge is -2.21. The van der Waals surface area contributed by atoms with Gasteiger partial charge in [0, 0.05) is 11.1 Å². The first-order valence-electron chi connectivity index (χ1n) is 11.6. The van der Waals surface area contributed by atoms with Crippen molar-refractivity contribution in [2.45, 2.75) is 40.0 Å². The van der Waals surface area contributed by atoms with E-state index in [0.29, 0.717) is 28.5 Å². The number of benzene rings is 2. The molecule has 1 aromatic heterocycles. The van der Waals surface area contributed by atoms with E-state index in [1.807, 2.05) is 30.3 Å². The fourth-order valence-corrected chi connectivity index (χ4v) is 7.08. The molecule has 0 atom stereocenters. The second-order valence-corrected chi connectivity index (χ2v) is 11.6. The minimum Gasteiger partial charge on any atom is -0.416 e. The third-order valence-electron chi connectivity index (χ3n) is 4.93. The van der Waals surface area contributed by atoms with Crippen molar-refractivity contribution in [2.24, 2.45) is 0 Å². The Balaban J connectivity index is 2.02. The van der Waals surface area contributed by atoms with Gasteiger partial charge in [0.25, 0.3) is 0 Å². The Hall–Kier alpha value is -2.12. The minimum atomic E-state index is -3.46. The second-order valence-electron chi connectivity index (χ2n) is 7.47. The molecule has 11 heteroatoms. The molecule has 0 spiro atoms. The van der Waals surface area contributed by atoms with Crippen LogP contribution in [0.4, 0.5) is 0 Å². The first kappa shape index (κ1) is 27.5. The number of hydrogen-bond donors (Lipinski definition) is 0. The van der Waals surface area contributed by atoms with Crippen LogP contribution in [0.25, 0.3) is 22.9 Å². The van der Waals surface area contributed by atoms with Gasteiger partial charge in [0.05, 0.1) is 38.8 Å². The standard InChI is InChI=1S/C24H32N2O7P2/c1-5-29-34(27,30-6-2)17-21-15-14-20(16-22(21)18-35(28,31-7-3)32-8-4)24-26-25-23(33-24)19-12-10-9-11-13-19/h9-16H,5-8,17-18H2,1-4H3. The summed E-state index contributed by atoms with van der Waals surface area (Å²) >= 11 is 0. The average molecular weight is 522 g/mol. The predicted octanol–water partition coefficient (Wildman–Crippen LogP) is 6.94. The summed E-state index contributed by atoms with van der Waals surface area (Å²) in [5.74, 6) is 0.690. The third kappa shape index (κ3) is 7.43. The summed E-state index contributed by atoms with van der Waals surface area (Å²) in [5, 5.41) is 8.33. The van der Waals surface area contributed by atoms with Crippen LogP contribution in [0, 0.1) is 0 Å². The summed E-state index contributed by atoms with van der Waals surface area (Å²) < 4.78 is 54.5. The van der Waals surface area contributed by atoms with E-state index < -0.39 is 15.2 Å². The van der Waals surface area contributed by atoms with Crippen LogP contribution in [0.2, 0.25) is 0 Å². The van der Waals surface area contributed by atoms with Crippen molar-refractivity contribution in [1.82, 2.24) is 10.2 Å². The van der Waals surface area contributed by atoms with Crippen molar-refractivity contribution >= 4 is 15.2 Å². The van der Waals surface area contributed by atoms with Crippen molar-refractivity contribution in [1.29, 1.82) is 0 Å². The van der Waals surface area contributed by atoms with E-state index in [0.717, 1.165) is 5.56 Å². The first-order valence-corrected chi connectivity index (χ1v) is 15.1. The number of nitrogens with zero attached hydrogens (tertiary/aromatic N) is 2. The zero-order valence-electron chi connectivity index (χ0n) is 20.5. The lowest BCUT2D eigenvalue weighted by molar-refractivity contribution is 0.217. The SMILES string of the molecule is CCOP(=O)(Cc1ccc(-c2nnc(-c3ccccc3)o2)cc1CP(=O)(OCC)OCC)OCC. The predicted molar refractivity (Wildman–Crippen MR) is 134 cm³/mol. The van der Waals surface area contributed by atoms with E-state index in [2.05, 4.69) is 10.2 Å². The highest BCUT2D eigenvalue weighted by molar-refractivity contribution is 7.53. The van der Waals surface area contributed by atoms with Gasteiger partial charge in [-0.2, -0.15) is 0 Å². The van der Waals surface area contributed by atoms with Crippen LogP contribution in [0.5, 0.6) is 0 Å². The molecule has 0 saturated heterocycles. The molecule has 3 rings (SSSR count). The molecule has 9 nitrogen and oxygen atoms in total. The van der Waals surface area contributed by atoms with E-state index >= 15 is 0 Å². The molecule has 0 N–H and O–H groups in total. The van der Waals surface area contributed by atoms with Crippen LogP contribution in [0.15, 0.2) is 52.9 Å². The van der Waals surface area contributed by atoms with E-state index in [4.69, 9.17) is 22.5 Å². The normalized spacial score (nSPS) is 12.2. The monoisotopic (exact) mass is 522 g/mol. The molecule has 0 aliphatic rings. The third-order valence-corrected chi connectivity index (χ3v) is 8.99. The molecule has 0 aliphatic heterocycles. The molecule has 2 aromatic carbocycles. The Bertz CT molecular complexity index is 1160. The van der Waals surface area contributed by atoms with Crippen LogP contribution in [-0.4, -0.2) is 36.6 Å². The van der Waals surface area contributed by atoms with Crippen LogP contribution < -0.4 is 0 Å². The van der Waals surface area contributed by atoms with Crippen LogP contribution >= 0.6 is 15.2 Å². The maximum Gasteiger partial charge on any atom is 0.335 e. The lowest BCUT2D eigenvalue weighted by atomic mass is 10.1. The number of hydrogen-bond acceptors (Lipinski definition) is 9. The average Bonchev–Trinajstić information content (AvgIpc) is 3.32. The van der Waals surface area contributed by atoms with Gasteiger partial charge in [-0.3, -0.25) is 9.13 Å². The van der Waals surface area contributed by atoms with Crippen LogP contribution in [0.3, 0.4) is 0 Å². The van der Waals surface area contributed by atoms with Gasteiger partial charge in [-0.15, -0.1) is 10.2 Å². The Morgan fingerprint density at radius 3 is 1.66 bits per heavy atom. The van der Waals surface area contributed by atoms with E-state index in [9.17, 15) is 9.13 Å². The summed E-state index contributed by atoms with van der Waals surface area (Å²) in [4.78, 5) is 0. The Kier molecular flexibility index (Phi) is 9.99. The molecule has 0 amide bonds. The van der Waals surface area contributed by atoms with Crippen molar-refractivity contribution in [2.75, 3.05) is 26.4 Å². The summed E-state index contributed by atoms with van der Waals surface area (Å²) in [6, 6.07) is 14.8.